The van der Waals surface area contributed by atoms with Crippen LogP contribution in [0, 0.1) is 11.7 Å². The molecule has 2 aliphatic heterocycles. The SMILES string of the molecule is CC1CCN(c2nc3c(c(N(C)C(C)C)n2)CN(C(=O)c2ccccc2F)CC3)CC1. The molecule has 2 aromatic rings. The number of carbonyl (C=O) groups excluding carboxylic acids is 1. The molecule has 1 saturated heterocycles. The van der Waals surface area contributed by atoms with E-state index in [9.17, 15) is 9.18 Å². The maximum atomic E-state index is 14.2. The fraction of sp³-hybridized carbons (Fsp3) is 0.542. The van der Waals surface area contributed by atoms with E-state index in [0.29, 0.717) is 19.5 Å². The van der Waals surface area contributed by atoms with Gasteiger partial charge in [-0.15, -0.1) is 0 Å². The summed E-state index contributed by atoms with van der Waals surface area (Å²) in [6.45, 7) is 9.42. The summed E-state index contributed by atoms with van der Waals surface area (Å²) in [5.41, 5.74) is 2.09. The van der Waals surface area contributed by atoms with Crippen LogP contribution < -0.4 is 9.80 Å². The summed E-state index contributed by atoms with van der Waals surface area (Å²) in [4.78, 5) is 29.1. The lowest BCUT2D eigenvalue weighted by atomic mass is 9.99. The fourth-order valence-electron chi connectivity index (χ4n) is 4.25. The Labute approximate surface area is 184 Å². The molecular formula is C24H32FN5O. The Morgan fingerprint density at radius 2 is 1.87 bits per heavy atom. The number of fused-ring (bicyclic) bond motifs is 1. The molecule has 0 unspecified atom stereocenters. The van der Waals surface area contributed by atoms with Crippen LogP contribution in [0.2, 0.25) is 0 Å². The Kier molecular flexibility index (Phi) is 6.12. The van der Waals surface area contributed by atoms with Crippen LogP contribution in [0.25, 0.3) is 0 Å². The van der Waals surface area contributed by atoms with Crippen molar-refractivity contribution in [2.75, 3.05) is 36.5 Å². The molecule has 7 heteroatoms. The molecule has 1 amide bonds. The summed E-state index contributed by atoms with van der Waals surface area (Å²) in [5.74, 6) is 1.64. The number of aromatic nitrogens is 2. The monoisotopic (exact) mass is 425 g/mol. The van der Waals surface area contributed by atoms with Crippen molar-refractivity contribution >= 4 is 17.7 Å². The van der Waals surface area contributed by atoms with Gasteiger partial charge in [-0.25, -0.2) is 9.37 Å². The lowest BCUT2D eigenvalue weighted by molar-refractivity contribution is 0.0729. The van der Waals surface area contributed by atoms with Crippen LogP contribution in [-0.2, 0) is 13.0 Å². The smallest absolute Gasteiger partial charge is 0.257 e. The number of hydrogen-bond acceptors (Lipinski definition) is 5. The molecule has 6 nitrogen and oxygen atoms in total. The molecule has 31 heavy (non-hydrogen) atoms. The lowest BCUT2D eigenvalue weighted by Crippen LogP contribution is -2.40. The normalized spacial score (nSPS) is 17.1. The Morgan fingerprint density at radius 3 is 2.55 bits per heavy atom. The zero-order valence-corrected chi connectivity index (χ0v) is 18.9. The number of hydrogen-bond donors (Lipinski definition) is 0. The summed E-state index contributed by atoms with van der Waals surface area (Å²) in [5, 5.41) is 0. The lowest BCUT2D eigenvalue weighted by Gasteiger charge is -2.35. The number of nitrogens with zero attached hydrogens (tertiary/aromatic N) is 5. The molecule has 1 aromatic heterocycles. The van der Waals surface area contributed by atoms with Crippen LogP contribution in [0.3, 0.4) is 0 Å². The van der Waals surface area contributed by atoms with Gasteiger partial charge in [0.1, 0.15) is 11.6 Å². The molecule has 0 spiro atoms. The van der Waals surface area contributed by atoms with Crippen molar-refractivity contribution in [3.8, 4) is 0 Å². The zero-order chi connectivity index (χ0) is 22.1. The van der Waals surface area contributed by atoms with E-state index >= 15 is 0 Å². The third kappa shape index (κ3) is 4.36. The summed E-state index contributed by atoms with van der Waals surface area (Å²) in [6.07, 6.45) is 2.95. The van der Waals surface area contributed by atoms with Gasteiger partial charge < -0.3 is 14.7 Å². The van der Waals surface area contributed by atoms with E-state index in [2.05, 4.69) is 30.6 Å². The molecule has 0 aliphatic carbocycles. The fourth-order valence-corrected chi connectivity index (χ4v) is 4.25. The third-order valence-corrected chi connectivity index (χ3v) is 6.59. The maximum absolute atomic E-state index is 14.2. The van der Waals surface area contributed by atoms with E-state index in [4.69, 9.17) is 9.97 Å². The van der Waals surface area contributed by atoms with E-state index in [1.54, 1.807) is 23.1 Å². The van der Waals surface area contributed by atoms with Crippen molar-refractivity contribution in [1.82, 2.24) is 14.9 Å². The number of piperidine rings is 1. The van der Waals surface area contributed by atoms with Crippen molar-refractivity contribution in [2.45, 2.75) is 52.6 Å². The van der Waals surface area contributed by atoms with Crippen LogP contribution >= 0.6 is 0 Å². The highest BCUT2D eigenvalue weighted by atomic mass is 19.1. The number of carbonyl (C=O) groups is 1. The first kappa shape index (κ1) is 21.5. The van der Waals surface area contributed by atoms with E-state index in [0.717, 1.165) is 54.9 Å². The van der Waals surface area contributed by atoms with Crippen LogP contribution in [0.4, 0.5) is 16.2 Å². The van der Waals surface area contributed by atoms with Crippen molar-refractivity contribution in [3.05, 3.63) is 46.9 Å². The molecule has 4 rings (SSSR count). The molecule has 0 atom stereocenters. The van der Waals surface area contributed by atoms with Gasteiger partial charge in [0.05, 0.1) is 17.8 Å². The van der Waals surface area contributed by atoms with E-state index in [-0.39, 0.29) is 17.5 Å². The Hall–Kier alpha value is -2.70. The van der Waals surface area contributed by atoms with E-state index in [1.807, 2.05) is 7.05 Å². The van der Waals surface area contributed by atoms with Gasteiger partial charge >= 0.3 is 0 Å². The predicted octanol–water partition coefficient (Wildman–Crippen LogP) is 3.90. The highest BCUT2D eigenvalue weighted by molar-refractivity contribution is 5.94. The number of anilines is 2. The summed E-state index contributed by atoms with van der Waals surface area (Å²) in [7, 11) is 2.03. The molecule has 3 heterocycles. The van der Waals surface area contributed by atoms with Gasteiger partial charge in [0.15, 0.2) is 0 Å². The molecule has 0 radical (unpaired) electrons. The number of amides is 1. The highest BCUT2D eigenvalue weighted by Gasteiger charge is 2.30. The number of halogens is 1. The molecular weight excluding hydrogens is 393 g/mol. The summed E-state index contributed by atoms with van der Waals surface area (Å²) < 4.78 is 14.2. The molecule has 166 valence electrons. The first-order valence-corrected chi connectivity index (χ1v) is 11.3. The topological polar surface area (TPSA) is 52.6 Å². The standard InChI is InChI=1S/C24H32FN5O/c1-16(2)28(4)22-19-15-30(23(31)18-7-5-6-8-20(18)25)14-11-21(19)26-24(27-22)29-12-9-17(3)10-13-29/h5-8,16-17H,9-15H2,1-4H3. The zero-order valence-electron chi connectivity index (χ0n) is 18.9. The maximum Gasteiger partial charge on any atom is 0.257 e. The second kappa shape index (κ2) is 8.81. The van der Waals surface area contributed by atoms with Gasteiger partial charge in [-0.05, 0) is 44.7 Å². The highest BCUT2D eigenvalue weighted by Crippen LogP contribution is 2.31. The van der Waals surface area contributed by atoms with E-state index in [1.165, 1.54) is 6.07 Å². The van der Waals surface area contributed by atoms with Crippen LogP contribution in [-0.4, -0.2) is 53.5 Å². The van der Waals surface area contributed by atoms with Crippen LogP contribution in [0.1, 0.15) is 55.2 Å². The minimum Gasteiger partial charge on any atom is -0.357 e. The largest absolute Gasteiger partial charge is 0.357 e. The van der Waals surface area contributed by atoms with Gasteiger partial charge in [-0.2, -0.15) is 4.98 Å². The van der Waals surface area contributed by atoms with Gasteiger partial charge in [0.2, 0.25) is 5.95 Å². The second-order valence-corrected chi connectivity index (χ2v) is 9.10. The molecule has 1 aromatic carbocycles. The average molecular weight is 426 g/mol. The van der Waals surface area contributed by atoms with Crippen LogP contribution in [0.15, 0.2) is 24.3 Å². The first-order chi connectivity index (χ1) is 14.8. The molecule has 0 saturated carbocycles. The Balaban J connectivity index is 1.67. The average Bonchev–Trinajstić information content (AvgIpc) is 2.77. The quantitative estimate of drug-likeness (QED) is 0.744. The second-order valence-electron chi connectivity index (χ2n) is 9.10. The van der Waals surface area contributed by atoms with Gasteiger partial charge in [-0.3, -0.25) is 4.79 Å². The predicted molar refractivity (Wildman–Crippen MR) is 121 cm³/mol. The van der Waals surface area contributed by atoms with Crippen LogP contribution in [0.5, 0.6) is 0 Å². The number of rotatable bonds is 4. The molecule has 1 fully saturated rings. The van der Waals surface area contributed by atoms with Crippen molar-refractivity contribution in [1.29, 1.82) is 0 Å². The Bertz CT molecular complexity index is 955. The molecule has 0 bridgehead atoms. The minimum absolute atomic E-state index is 0.115. The number of benzene rings is 1. The summed E-state index contributed by atoms with van der Waals surface area (Å²) in [6, 6.07) is 6.43. The third-order valence-electron chi connectivity index (χ3n) is 6.59. The molecule has 2 aliphatic rings. The van der Waals surface area contributed by atoms with Crippen molar-refractivity contribution in [3.63, 3.8) is 0 Å². The van der Waals surface area contributed by atoms with E-state index < -0.39 is 5.82 Å². The first-order valence-electron chi connectivity index (χ1n) is 11.3. The van der Waals surface area contributed by atoms with Gasteiger partial charge in [0, 0.05) is 44.7 Å². The van der Waals surface area contributed by atoms with Gasteiger partial charge in [0.25, 0.3) is 5.91 Å². The van der Waals surface area contributed by atoms with Crippen molar-refractivity contribution < 1.29 is 9.18 Å². The Morgan fingerprint density at radius 1 is 1.16 bits per heavy atom. The van der Waals surface area contributed by atoms with Gasteiger partial charge in [-0.1, -0.05) is 19.1 Å². The van der Waals surface area contributed by atoms with Crippen molar-refractivity contribution in [2.24, 2.45) is 5.92 Å². The summed E-state index contributed by atoms with van der Waals surface area (Å²) >= 11 is 0. The molecule has 0 N–H and O–H groups in total. The minimum atomic E-state index is -0.483.